The number of carbonyl (C=O) groups excluding carboxylic acids is 1. The Kier molecular flexibility index (Phi) is 4.09. The molecule has 3 saturated heterocycles. The first-order valence-electron chi connectivity index (χ1n) is 8.35. The van der Waals surface area contributed by atoms with Crippen LogP contribution in [0.1, 0.15) is 12.8 Å². The summed E-state index contributed by atoms with van der Waals surface area (Å²) < 4.78 is 20.2. The number of carboxylic acids is 1. The van der Waals surface area contributed by atoms with E-state index in [0.717, 1.165) is 5.03 Å². The molecule has 1 aliphatic carbocycles. The van der Waals surface area contributed by atoms with Gasteiger partial charge in [0, 0.05) is 31.1 Å². The van der Waals surface area contributed by atoms with Crippen molar-refractivity contribution < 1.29 is 23.8 Å². The third-order valence-electron chi connectivity index (χ3n) is 5.76. The number of ketones is 1. The zero-order valence-electron chi connectivity index (χ0n) is 13.3. The average molecular weight is 356 g/mol. The first kappa shape index (κ1) is 16.4. The summed E-state index contributed by atoms with van der Waals surface area (Å²) >= 11 is 1.35. The van der Waals surface area contributed by atoms with Crippen molar-refractivity contribution in [3.05, 3.63) is 11.6 Å². The molecule has 1 N–H and O–H groups in total. The second-order valence-electron chi connectivity index (χ2n) is 6.90. The van der Waals surface area contributed by atoms with Crippen LogP contribution in [0.4, 0.5) is 4.39 Å². The Hall–Kier alpha value is -1.12. The number of carboxylic acid groups (broad SMARTS) is 1. The summed E-state index contributed by atoms with van der Waals surface area (Å²) in [5, 5.41) is 9.84. The van der Waals surface area contributed by atoms with Gasteiger partial charge < -0.3 is 14.7 Å². The molecule has 8 heteroatoms. The minimum Gasteiger partial charge on any atom is -0.481 e. The molecule has 4 rings (SSSR count). The number of morpholine rings is 1. The third-order valence-corrected chi connectivity index (χ3v) is 6.98. The van der Waals surface area contributed by atoms with Gasteiger partial charge in [0.2, 0.25) is 0 Å². The standard InChI is InChI=1S/C16H21FN2O4S/c1-8-19-11-7-12(18-2-4-23-5-3-18)10(17)6-9(11)14(20)13(16(21)22)15(19)24-8/h9-13,15H,1-7H2,(H,21,22). The summed E-state index contributed by atoms with van der Waals surface area (Å²) in [5.41, 5.74) is 0. The maximum absolute atomic E-state index is 14.8. The number of alkyl halides is 1. The van der Waals surface area contributed by atoms with Gasteiger partial charge in [-0.2, -0.15) is 0 Å². The van der Waals surface area contributed by atoms with E-state index >= 15 is 0 Å². The zero-order valence-corrected chi connectivity index (χ0v) is 14.1. The fourth-order valence-electron chi connectivity index (χ4n) is 4.58. The first-order chi connectivity index (χ1) is 11.5. The van der Waals surface area contributed by atoms with E-state index in [2.05, 4.69) is 11.5 Å². The largest absolute Gasteiger partial charge is 0.481 e. The van der Waals surface area contributed by atoms with E-state index in [-0.39, 0.29) is 29.7 Å². The summed E-state index contributed by atoms with van der Waals surface area (Å²) in [6.45, 7) is 6.58. The Morgan fingerprint density at radius 2 is 2.00 bits per heavy atom. The van der Waals surface area contributed by atoms with Gasteiger partial charge in [-0.25, -0.2) is 4.39 Å². The number of hydrogen-bond donors (Lipinski definition) is 1. The molecular formula is C16H21FN2O4S. The van der Waals surface area contributed by atoms with Gasteiger partial charge in [0.05, 0.1) is 18.2 Å². The van der Waals surface area contributed by atoms with Crippen LogP contribution in [0.3, 0.4) is 0 Å². The second-order valence-corrected chi connectivity index (χ2v) is 8.09. The van der Waals surface area contributed by atoms with Crippen LogP contribution in [0.25, 0.3) is 0 Å². The Morgan fingerprint density at radius 3 is 2.62 bits per heavy atom. The van der Waals surface area contributed by atoms with Crippen molar-refractivity contribution >= 4 is 23.5 Å². The van der Waals surface area contributed by atoms with Gasteiger partial charge >= 0.3 is 5.97 Å². The van der Waals surface area contributed by atoms with Crippen molar-refractivity contribution in [2.75, 3.05) is 26.3 Å². The van der Waals surface area contributed by atoms with E-state index in [0.29, 0.717) is 32.7 Å². The minimum absolute atomic E-state index is 0.108. The van der Waals surface area contributed by atoms with Gasteiger partial charge in [-0.1, -0.05) is 18.3 Å². The number of piperidine rings is 1. The van der Waals surface area contributed by atoms with Crippen molar-refractivity contribution in [1.82, 2.24) is 9.80 Å². The van der Waals surface area contributed by atoms with E-state index in [9.17, 15) is 19.1 Å². The molecule has 0 aromatic rings. The fourth-order valence-corrected chi connectivity index (χ4v) is 5.86. The van der Waals surface area contributed by atoms with E-state index in [1.807, 2.05) is 4.90 Å². The smallest absolute Gasteiger partial charge is 0.317 e. The number of thioether (sulfide) groups is 1. The predicted octanol–water partition coefficient (Wildman–Crippen LogP) is 0.933. The number of ether oxygens (including phenoxy) is 1. The predicted molar refractivity (Wildman–Crippen MR) is 86.1 cm³/mol. The Bertz CT molecular complexity index is 582. The number of hydrogen-bond acceptors (Lipinski definition) is 6. The molecule has 6 atom stereocenters. The molecule has 0 aromatic heterocycles. The second kappa shape index (κ2) is 6.00. The average Bonchev–Trinajstić information content (AvgIpc) is 2.55. The first-order valence-corrected chi connectivity index (χ1v) is 9.23. The fraction of sp³-hybridized carbons (Fsp3) is 0.750. The molecule has 0 radical (unpaired) electrons. The quantitative estimate of drug-likeness (QED) is 0.738. The van der Waals surface area contributed by atoms with Crippen LogP contribution in [0.5, 0.6) is 0 Å². The van der Waals surface area contributed by atoms with Gasteiger partial charge in [0.15, 0.2) is 5.78 Å². The number of halogens is 1. The maximum Gasteiger partial charge on any atom is 0.317 e. The normalized spacial score (nSPS) is 43.0. The Morgan fingerprint density at radius 1 is 1.29 bits per heavy atom. The molecule has 4 fully saturated rings. The van der Waals surface area contributed by atoms with Crippen LogP contribution in [-0.4, -0.2) is 76.6 Å². The number of nitrogens with zero attached hydrogens (tertiary/aromatic N) is 2. The van der Waals surface area contributed by atoms with Gasteiger partial charge in [-0.3, -0.25) is 14.5 Å². The number of aliphatic carboxylic acids is 1. The molecule has 0 aromatic carbocycles. The summed E-state index contributed by atoms with van der Waals surface area (Å²) in [7, 11) is 0. The lowest BCUT2D eigenvalue weighted by atomic mass is 9.71. The summed E-state index contributed by atoms with van der Waals surface area (Å²) in [5.74, 6) is -3.04. The monoisotopic (exact) mass is 356 g/mol. The van der Waals surface area contributed by atoms with Gasteiger partial charge in [0.1, 0.15) is 17.5 Å². The van der Waals surface area contributed by atoms with Crippen molar-refractivity contribution in [1.29, 1.82) is 0 Å². The maximum atomic E-state index is 14.8. The topological polar surface area (TPSA) is 70.1 Å². The van der Waals surface area contributed by atoms with Crippen molar-refractivity contribution in [3.8, 4) is 0 Å². The lowest BCUT2D eigenvalue weighted by molar-refractivity contribution is -0.157. The molecule has 0 bridgehead atoms. The Labute approximate surface area is 144 Å². The number of carbonyl (C=O) groups is 2. The van der Waals surface area contributed by atoms with Gasteiger partial charge in [-0.15, -0.1) is 0 Å². The molecule has 24 heavy (non-hydrogen) atoms. The van der Waals surface area contributed by atoms with Crippen LogP contribution in [0, 0.1) is 11.8 Å². The molecule has 132 valence electrons. The molecule has 3 aliphatic heterocycles. The lowest BCUT2D eigenvalue weighted by Gasteiger charge is -2.59. The van der Waals surface area contributed by atoms with Gasteiger partial charge in [-0.05, 0) is 12.8 Å². The van der Waals surface area contributed by atoms with E-state index in [1.165, 1.54) is 11.8 Å². The SMILES string of the molecule is C=C1SC2C(C(=O)O)C(=O)C3CC(F)C(N4CCOCC4)CC3N12. The molecule has 0 amide bonds. The van der Waals surface area contributed by atoms with Crippen LogP contribution in [0.2, 0.25) is 0 Å². The van der Waals surface area contributed by atoms with Crippen molar-refractivity contribution in [2.24, 2.45) is 11.8 Å². The number of Topliss-reactive ketones (excluding diaryl/α,β-unsaturated/α-hetero) is 1. The number of fused-ring (bicyclic) bond motifs is 3. The number of rotatable bonds is 2. The Balaban J connectivity index is 1.59. The summed E-state index contributed by atoms with van der Waals surface area (Å²) in [6.07, 6.45) is -0.460. The zero-order chi connectivity index (χ0) is 17.0. The highest BCUT2D eigenvalue weighted by Crippen LogP contribution is 2.54. The molecule has 3 heterocycles. The van der Waals surface area contributed by atoms with E-state index < -0.39 is 24.0 Å². The third kappa shape index (κ3) is 2.38. The van der Waals surface area contributed by atoms with Crippen LogP contribution < -0.4 is 0 Å². The van der Waals surface area contributed by atoms with E-state index in [1.54, 1.807) is 0 Å². The molecule has 0 spiro atoms. The van der Waals surface area contributed by atoms with Crippen molar-refractivity contribution in [2.45, 2.75) is 36.5 Å². The van der Waals surface area contributed by atoms with Crippen LogP contribution in [-0.2, 0) is 14.3 Å². The van der Waals surface area contributed by atoms with Crippen molar-refractivity contribution in [3.63, 3.8) is 0 Å². The summed E-state index contributed by atoms with van der Waals surface area (Å²) in [6, 6.07) is -0.366. The molecule has 4 aliphatic rings. The molecule has 6 nitrogen and oxygen atoms in total. The minimum atomic E-state index is -1.11. The van der Waals surface area contributed by atoms with E-state index in [4.69, 9.17) is 4.74 Å². The van der Waals surface area contributed by atoms with Gasteiger partial charge in [0.25, 0.3) is 0 Å². The van der Waals surface area contributed by atoms with Crippen LogP contribution in [0.15, 0.2) is 11.6 Å². The molecule has 6 unspecified atom stereocenters. The van der Waals surface area contributed by atoms with Crippen LogP contribution >= 0.6 is 11.8 Å². The highest BCUT2D eigenvalue weighted by Gasteiger charge is 2.59. The highest BCUT2D eigenvalue weighted by molar-refractivity contribution is 8.05. The highest BCUT2D eigenvalue weighted by atomic mass is 32.2. The summed E-state index contributed by atoms with van der Waals surface area (Å²) in [4.78, 5) is 28.3. The molecule has 1 saturated carbocycles. The lowest BCUT2D eigenvalue weighted by Crippen LogP contribution is -2.68. The molecular weight excluding hydrogens is 335 g/mol.